The summed E-state index contributed by atoms with van der Waals surface area (Å²) in [4.78, 5) is 22.2. The second-order valence-electron chi connectivity index (χ2n) is 3.07. The van der Waals surface area contributed by atoms with Crippen molar-refractivity contribution in [1.29, 1.82) is 0 Å². The van der Waals surface area contributed by atoms with Crippen molar-refractivity contribution in [2.45, 2.75) is 6.92 Å². The fraction of sp³-hybridized carbons (Fsp3) is 0.222. The Hall–Kier alpha value is -2.11. The summed E-state index contributed by atoms with van der Waals surface area (Å²) in [5.74, 6) is 0.386. The van der Waals surface area contributed by atoms with Crippen molar-refractivity contribution in [3.05, 3.63) is 17.6 Å². The number of fused-ring (bicyclic) bond motifs is 1. The zero-order chi connectivity index (χ0) is 11.0. The van der Waals surface area contributed by atoms with Crippen LogP contribution in [-0.2, 0) is 0 Å². The summed E-state index contributed by atoms with van der Waals surface area (Å²) >= 11 is 0. The van der Waals surface area contributed by atoms with Crippen LogP contribution < -0.4 is 10.5 Å². The second kappa shape index (κ2) is 3.23. The van der Waals surface area contributed by atoms with Crippen molar-refractivity contribution in [3.63, 3.8) is 0 Å². The molecule has 0 bridgehead atoms. The Morgan fingerprint density at radius 2 is 2.27 bits per heavy atom. The van der Waals surface area contributed by atoms with Crippen LogP contribution in [0.25, 0.3) is 11.0 Å². The van der Waals surface area contributed by atoms with E-state index in [4.69, 9.17) is 10.5 Å². The molecule has 0 radical (unpaired) electrons. The van der Waals surface area contributed by atoms with E-state index in [1.54, 1.807) is 6.92 Å². The lowest BCUT2D eigenvalue weighted by molar-refractivity contribution is 0.100. The normalized spacial score (nSPS) is 10.5. The first-order valence-electron chi connectivity index (χ1n) is 4.33. The van der Waals surface area contributed by atoms with E-state index in [0.29, 0.717) is 28.3 Å². The van der Waals surface area contributed by atoms with Gasteiger partial charge >= 0.3 is 0 Å². The SMILES string of the molecule is COc1nc(C)nc2[nH]cc(C(N)=O)c12. The number of rotatable bonds is 2. The number of carbonyl (C=O) groups is 1. The van der Waals surface area contributed by atoms with Gasteiger partial charge in [0.05, 0.1) is 18.1 Å². The quantitative estimate of drug-likeness (QED) is 0.742. The van der Waals surface area contributed by atoms with E-state index in [0.717, 1.165) is 0 Å². The number of methoxy groups -OCH3 is 1. The number of H-pyrrole nitrogens is 1. The van der Waals surface area contributed by atoms with Gasteiger partial charge in [0.2, 0.25) is 5.88 Å². The molecule has 2 aromatic rings. The molecule has 78 valence electrons. The summed E-state index contributed by atoms with van der Waals surface area (Å²) in [6.45, 7) is 1.74. The van der Waals surface area contributed by atoms with Gasteiger partial charge in [-0.25, -0.2) is 4.98 Å². The van der Waals surface area contributed by atoms with Gasteiger partial charge in [-0.3, -0.25) is 4.79 Å². The molecule has 0 spiro atoms. The predicted molar refractivity (Wildman–Crippen MR) is 53.7 cm³/mol. The van der Waals surface area contributed by atoms with Crippen LogP contribution in [0.2, 0.25) is 0 Å². The van der Waals surface area contributed by atoms with Crippen molar-refractivity contribution in [2.75, 3.05) is 7.11 Å². The highest BCUT2D eigenvalue weighted by atomic mass is 16.5. The number of ether oxygens (including phenoxy) is 1. The van der Waals surface area contributed by atoms with E-state index in [-0.39, 0.29) is 0 Å². The van der Waals surface area contributed by atoms with Crippen molar-refractivity contribution >= 4 is 16.9 Å². The van der Waals surface area contributed by atoms with E-state index in [1.807, 2.05) is 0 Å². The number of carbonyl (C=O) groups excluding carboxylic acids is 1. The third-order valence-electron chi connectivity index (χ3n) is 2.07. The number of hydrogen-bond donors (Lipinski definition) is 2. The van der Waals surface area contributed by atoms with Gasteiger partial charge < -0.3 is 15.5 Å². The molecule has 0 saturated carbocycles. The molecular formula is C9H10N4O2. The topological polar surface area (TPSA) is 93.9 Å². The number of amides is 1. The fourth-order valence-corrected chi connectivity index (χ4v) is 1.45. The minimum absolute atomic E-state index is 0.335. The highest BCUT2D eigenvalue weighted by molar-refractivity contribution is 6.06. The molecule has 0 unspecified atom stereocenters. The smallest absolute Gasteiger partial charge is 0.251 e. The summed E-state index contributed by atoms with van der Waals surface area (Å²) < 4.78 is 5.08. The maximum Gasteiger partial charge on any atom is 0.251 e. The first-order valence-corrected chi connectivity index (χ1v) is 4.33. The first-order chi connectivity index (χ1) is 7.13. The van der Waals surface area contributed by atoms with E-state index >= 15 is 0 Å². The number of nitrogens with zero attached hydrogens (tertiary/aromatic N) is 2. The summed E-state index contributed by atoms with van der Waals surface area (Å²) in [7, 11) is 1.49. The van der Waals surface area contributed by atoms with E-state index in [2.05, 4.69) is 15.0 Å². The van der Waals surface area contributed by atoms with E-state index in [1.165, 1.54) is 13.3 Å². The summed E-state index contributed by atoms with van der Waals surface area (Å²) in [5, 5.41) is 0.524. The third kappa shape index (κ3) is 1.39. The first kappa shape index (κ1) is 9.45. The average molecular weight is 206 g/mol. The number of aromatic amines is 1. The molecule has 0 fully saturated rings. The highest BCUT2D eigenvalue weighted by Gasteiger charge is 2.15. The van der Waals surface area contributed by atoms with Gasteiger partial charge in [0.1, 0.15) is 11.5 Å². The monoisotopic (exact) mass is 206 g/mol. The molecule has 2 rings (SSSR count). The molecule has 6 heteroatoms. The molecule has 0 aliphatic rings. The summed E-state index contributed by atoms with van der Waals surface area (Å²) in [5.41, 5.74) is 6.10. The number of aryl methyl sites for hydroxylation is 1. The Balaban J connectivity index is 2.83. The maximum absolute atomic E-state index is 11.1. The molecule has 2 heterocycles. The van der Waals surface area contributed by atoms with Crippen LogP contribution in [0.4, 0.5) is 0 Å². The molecule has 0 atom stereocenters. The molecule has 0 saturated heterocycles. The maximum atomic E-state index is 11.1. The van der Waals surface area contributed by atoms with Crippen LogP contribution in [0.1, 0.15) is 16.2 Å². The van der Waals surface area contributed by atoms with Crippen LogP contribution >= 0.6 is 0 Å². The molecule has 6 nitrogen and oxygen atoms in total. The number of hydrogen-bond acceptors (Lipinski definition) is 4. The molecule has 1 amide bonds. The lowest BCUT2D eigenvalue weighted by Crippen LogP contribution is -2.10. The molecule has 0 aliphatic heterocycles. The lowest BCUT2D eigenvalue weighted by atomic mass is 10.2. The van der Waals surface area contributed by atoms with Crippen LogP contribution in [0, 0.1) is 6.92 Å². The van der Waals surface area contributed by atoms with Gasteiger partial charge in [0.25, 0.3) is 5.91 Å². The number of nitrogens with two attached hydrogens (primary N) is 1. The van der Waals surface area contributed by atoms with Gasteiger partial charge in [-0.2, -0.15) is 4.98 Å². The molecule has 3 N–H and O–H groups in total. The van der Waals surface area contributed by atoms with Gasteiger partial charge in [0.15, 0.2) is 0 Å². The molecular weight excluding hydrogens is 196 g/mol. The number of primary amides is 1. The van der Waals surface area contributed by atoms with Crippen LogP contribution in [0.5, 0.6) is 5.88 Å². The van der Waals surface area contributed by atoms with E-state index in [9.17, 15) is 4.79 Å². The largest absolute Gasteiger partial charge is 0.480 e. The van der Waals surface area contributed by atoms with Gasteiger partial charge in [0, 0.05) is 6.20 Å². The zero-order valence-electron chi connectivity index (χ0n) is 8.37. The molecule has 15 heavy (non-hydrogen) atoms. The van der Waals surface area contributed by atoms with Gasteiger partial charge in [-0.05, 0) is 6.92 Å². The van der Waals surface area contributed by atoms with Crippen LogP contribution in [0.15, 0.2) is 6.20 Å². The van der Waals surface area contributed by atoms with Crippen molar-refractivity contribution < 1.29 is 9.53 Å². The minimum Gasteiger partial charge on any atom is -0.480 e. The lowest BCUT2D eigenvalue weighted by Gasteiger charge is -2.02. The van der Waals surface area contributed by atoms with Crippen molar-refractivity contribution in [1.82, 2.24) is 15.0 Å². The molecule has 0 aromatic carbocycles. The Morgan fingerprint density at radius 3 is 2.87 bits per heavy atom. The Bertz CT molecular complexity index is 532. The molecule has 2 aromatic heterocycles. The fourth-order valence-electron chi connectivity index (χ4n) is 1.45. The minimum atomic E-state index is -0.535. The Labute approximate surface area is 85.5 Å². The Kier molecular flexibility index (Phi) is 2.03. The number of nitrogens with one attached hydrogen (secondary N) is 1. The number of aromatic nitrogens is 3. The summed E-state index contributed by atoms with van der Waals surface area (Å²) in [6.07, 6.45) is 1.50. The van der Waals surface area contributed by atoms with Crippen molar-refractivity contribution in [3.8, 4) is 5.88 Å². The highest BCUT2D eigenvalue weighted by Crippen LogP contribution is 2.25. The summed E-state index contributed by atoms with van der Waals surface area (Å²) in [6, 6.07) is 0. The van der Waals surface area contributed by atoms with Crippen LogP contribution in [-0.4, -0.2) is 28.0 Å². The van der Waals surface area contributed by atoms with Crippen LogP contribution in [0.3, 0.4) is 0 Å². The Morgan fingerprint density at radius 1 is 1.53 bits per heavy atom. The van der Waals surface area contributed by atoms with Gasteiger partial charge in [-0.15, -0.1) is 0 Å². The van der Waals surface area contributed by atoms with Gasteiger partial charge in [-0.1, -0.05) is 0 Å². The van der Waals surface area contributed by atoms with E-state index < -0.39 is 5.91 Å². The van der Waals surface area contributed by atoms with Crippen molar-refractivity contribution in [2.24, 2.45) is 5.73 Å². The average Bonchev–Trinajstić information content (AvgIpc) is 2.59. The zero-order valence-corrected chi connectivity index (χ0v) is 8.37. The predicted octanol–water partition coefficient (Wildman–Crippen LogP) is 0.374. The standard InChI is InChI=1S/C9H10N4O2/c1-4-12-8-6(9(13-4)15-2)5(3-11-8)7(10)14/h3H,1-2H3,(H2,10,14)(H,11,12,13). The molecule has 0 aliphatic carbocycles. The third-order valence-corrected chi connectivity index (χ3v) is 2.07. The second-order valence-corrected chi connectivity index (χ2v) is 3.07.